The number of hydrogen-bond acceptors (Lipinski definition) is 5. The van der Waals surface area contributed by atoms with Crippen LogP contribution in [0.3, 0.4) is 0 Å². The van der Waals surface area contributed by atoms with Crippen LogP contribution in [0, 0.1) is 11.8 Å². The zero-order valence-corrected chi connectivity index (χ0v) is 22.5. The van der Waals surface area contributed by atoms with Crippen LogP contribution < -0.4 is 0 Å². The Morgan fingerprint density at radius 2 is 1.54 bits per heavy atom. The summed E-state index contributed by atoms with van der Waals surface area (Å²) in [6.45, 7) is 10.4. The van der Waals surface area contributed by atoms with E-state index in [1.807, 2.05) is 48.5 Å². The Bertz CT molecular complexity index is 1020. The van der Waals surface area contributed by atoms with Crippen LogP contribution in [-0.4, -0.2) is 25.3 Å². The fraction of sp³-hybridized carbons (Fsp3) is 0.483. The lowest BCUT2D eigenvalue weighted by Gasteiger charge is -2.44. The first-order valence-electron chi connectivity index (χ1n) is 12.6. The third-order valence-corrected chi connectivity index (χ3v) is 9.06. The molecule has 0 bridgehead atoms. The minimum atomic E-state index is -3.87. The fourth-order valence-corrected chi connectivity index (χ4v) is 6.65. The van der Waals surface area contributed by atoms with Gasteiger partial charge in [-0.15, -0.1) is 0 Å². The Morgan fingerprint density at radius 1 is 0.971 bits per heavy atom. The first kappa shape index (κ1) is 27.4. The second-order valence-electron chi connectivity index (χ2n) is 9.83. The Hall–Kier alpha value is -2.20. The van der Waals surface area contributed by atoms with Gasteiger partial charge >= 0.3 is 13.6 Å². The molecule has 0 N–H and O–H groups in total. The quantitative estimate of drug-likeness (QED) is 0.192. The molecule has 5 nitrogen and oxygen atoms in total. The number of esters is 1. The van der Waals surface area contributed by atoms with Gasteiger partial charge in [0.15, 0.2) is 0 Å². The number of hydrogen-bond donors (Lipinski definition) is 0. The van der Waals surface area contributed by atoms with Crippen molar-refractivity contribution in [3.63, 3.8) is 0 Å². The van der Waals surface area contributed by atoms with E-state index in [1.165, 1.54) is 5.56 Å². The first-order chi connectivity index (χ1) is 16.7. The lowest BCUT2D eigenvalue weighted by molar-refractivity contribution is -0.151. The van der Waals surface area contributed by atoms with Gasteiger partial charge in [0.1, 0.15) is 11.4 Å². The van der Waals surface area contributed by atoms with Crippen molar-refractivity contribution in [2.24, 2.45) is 11.8 Å². The molecule has 0 radical (unpaired) electrons. The van der Waals surface area contributed by atoms with E-state index >= 15 is 0 Å². The van der Waals surface area contributed by atoms with E-state index in [1.54, 1.807) is 19.9 Å². The summed E-state index contributed by atoms with van der Waals surface area (Å²) in [5.41, 5.74) is 1.76. The molecule has 1 fully saturated rings. The average molecular weight is 499 g/mol. The molecule has 0 saturated heterocycles. The van der Waals surface area contributed by atoms with Crippen molar-refractivity contribution < 1.29 is 23.1 Å². The van der Waals surface area contributed by atoms with Gasteiger partial charge in [-0.1, -0.05) is 87.9 Å². The highest BCUT2D eigenvalue weighted by molar-refractivity contribution is 7.60. The second-order valence-corrected chi connectivity index (χ2v) is 11.8. The molecule has 0 amide bonds. The summed E-state index contributed by atoms with van der Waals surface area (Å²) in [4.78, 5) is 13.7. The van der Waals surface area contributed by atoms with Gasteiger partial charge < -0.3 is 13.8 Å². The Morgan fingerprint density at radius 3 is 2.11 bits per heavy atom. The monoisotopic (exact) mass is 498 g/mol. The molecule has 1 aliphatic carbocycles. The smallest absolute Gasteiger partial charge is 0.368 e. The molecule has 1 saturated carbocycles. The van der Waals surface area contributed by atoms with Crippen molar-refractivity contribution in [1.29, 1.82) is 0 Å². The van der Waals surface area contributed by atoms with Crippen molar-refractivity contribution >= 4 is 19.6 Å². The SMILES string of the molecule is CCOP(=O)(OCC)/C(=C/c1ccccc1)C(=O)O[C@@H]1C[C@H](C)CC[C@H]1C(C)(C)c1ccccc1. The molecule has 2 aromatic carbocycles. The summed E-state index contributed by atoms with van der Waals surface area (Å²) >= 11 is 0. The highest BCUT2D eigenvalue weighted by Crippen LogP contribution is 2.57. The van der Waals surface area contributed by atoms with Crippen LogP contribution in [0.4, 0.5) is 0 Å². The van der Waals surface area contributed by atoms with Crippen LogP contribution in [0.5, 0.6) is 0 Å². The van der Waals surface area contributed by atoms with Crippen LogP contribution in [0.25, 0.3) is 6.08 Å². The molecule has 3 atom stereocenters. The van der Waals surface area contributed by atoms with Gasteiger partial charge in [0.05, 0.1) is 13.2 Å². The summed E-state index contributed by atoms with van der Waals surface area (Å²) < 4.78 is 31.1. The van der Waals surface area contributed by atoms with Crippen molar-refractivity contribution in [3.8, 4) is 0 Å². The van der Waals surface area contributed by atoms with Gasteiger partial charge in [0, 0.05) is 5.92 Å². The van der Waals surface area contributed by atoms with Crippen LogP contribution in [0.15, 0.2) is 66.0 Å². The van der Waals surface area contributed by atoms with Gasteiger partial charge in [-0.25, -0.2) is 4.79 Å². The molecule has 0 aliphatic heterocycles. The third kappa shape index (κ3) is 6.73. The van der Waals surface area contributed by atoms with E-state index < -0.39 is 13.6 Å². The van der Waals surface area contributed by atoms with E-state index in [0.717, 1.165) is 24.8 Å². The minimum absolute atomic E-state index is 0.0538. The van der Waals surface area contributed by atoms with Gasteiger partial charge in [-0.2, -0.15) is 0 Å². The molecular weight excluding hydrogens is 459 g/mol. The molecule has 0 unspecified atom stereocenters. The maximum Gasteiger partial charge on any atom is 0.368 e. The average Bonchev–Trinajstić information content (AvgIpc) is 2.84. The van der Waals surface area contributed by atoms with E-state index in [2.05, 4.69) is 32.9 Å². The molecular formula is C29H39O5P. The molecule has 0 aromatic heterocycles. The second kappa shape index (κ2) is 12.2. The van der Waals surface area contributed by atoms with Gasteiger partial charge in [-0.05, 0) is 55.2 Å². The first-order valence-corrected chi connectivity index (χ1v) is 14.2. The van der Waals surface area contributed by atoms with Gasteiger partial charge in [-0.3, -0.25) is 4.57 Å². The van der Waals surface area contributed by atoms with Crippen molar-refractivity contribution in [2.45, 2.75) is 65.4 Å². The molecule has 3 rings (SSSR count). The largest absolute Gasteiger partial charge is 0.458 e. The molecule has 190 valence electrons. The maximum atomic E-state index is 13.8. The molecule has 0 heterocycles. The third-order valence-electron chi connectivity index (χ3n) is 6.96. The highest BCUT2D eigenvalue weighted by atomic mass is 31.2. The van der Waals surface area contributed by atoms with Crippen LogP contribution >= 0.6 is 7.60 Å². The van der Waals surface area contributed by atoms with Crippen molar-refractivity contribution in [1.82, 2.24) is 0 Å². The van der Waals surface area contributed by atoms with Crippen molar-refractivity contribution in [2.75, 3.05) is 13.2 Å². The maximum absolute atomic E-state index is 13.8. The Balaban J connectivity index is 1.97. The number of ether oxygens (including phenoxy) is 1. The molecule has 35 heavy (non-hydrogen) atoms. The lowest BCUT2D eigenvalue weighted by Crippen LogP contribution is -2.43. The summed E-state index contributed by atoms with van der Waals surface area (Å²) in [5.74, 6) is -0.0728. The number of rotatable bonds is 10. The summed E-state index contributed by atoms with van der Waals surface area (Å²) in [7, 11) is -3.87. The van der Waals surface area contributed by atoms with E-state index in [9.17, 15) is 9.36 Å². The van der Waals surface area contributed by atoms with Crippen LogP contribution in [0.1, 0.15) is 65.0 Å². The predicted octanol–water partition coefficient (Wildman–Crippen LogP) is 7.62. The molecule has 2 aromatic rings. The number of benzene rings is 2. The Kier molecular flexibility index (Phi) is 9.52. The summed E-state index contributed by atoms with van der Waals surface area (Å²) in [6.07, 6.45) is 4.07. The lowest BCUT2D eigenvalue weighted by atomic mass is 9.64. The summed E-state index contributed by atoms with van der Waals surface area (Å²) in [6, 6.07) is 19.7. The van der Waals surface area contributed by atoms with Crippen LogP contribution in [-0.2, 0) is 28.6 Å². The van der Waals surface area contributed by atoms with Gasteiger partial charge in [0.2, 0.25) is 0 Å². The molecule has 1 aliphatic rings. The van der Waals surface area contributed by atoms with Crippen LogP contribution in [0.2, 0.25) is 0 Å². The van der Waals surface area contributed by atoms with Gasteiger partial charge in [0.25, 0.3) is 0 Å². The number of carbonyl (C=O) groups is 1. The fourth-order valence-electron chi connectivity index (χ4n) is 5.04. The molecule has 0 spiro atoms. The number of carbonyl (C=O) groups excluding carboxylic acids is 1. The van der Waals surface area contributed by atoms with E-state index in [0.29, 0.717) is 5.92 Å². The normalized spacial score (nSPS) is 21.5. The van der Waals surface area contributed by atoms with Crippen molar-refractivity contribution in [3.05, 3.63) is 77.1 Å². The topological polar surface area (TPSA) is 61.8 Å². The zero-order valence-electron chi connectivity index (χ0n) is 21.6. The van der Waals surface area contributed by atoms with E-state index in [-0.39, 0.29) is 36.0 Å². The molecule has 6 heteroatoms. The zero-order chi connectivity index (χ0) is 25.5. The van der Waals surface area contributed by atoms with E-state index in [4.69, 9.17) is 13.8 Å². The standard InChI is InChI=1S/C29H39O5P/c1-6-32-35(31,33-7-2)27(21-23-14-10-8-11-15-23)28(30)34-26-20-22(3)18-19-25(26)29(4,5)24-16-12-9-13-17-24/h8-17,21-22,25-26H,6-7,18-20H2,1-5H3/b27-21+/t22-,25-,26-/m1/s1. The highest BCUT2D eigenvalue weighted by Gasteiger charge is 2.44. The minimum Gasteiger partial charge on any atom is -0.458 e. The Labute approximate surface area is 210 Å². The predicted molar refractivity (Wildman–Crippen MR) is 141 cm³/mol. The summed E-state index contributed by atoms with van der Waals surface area (Å²) in [5, 5.41) is -0.0538.